The molecule has 1 N–H and O–H groups in total. The Balaban J connectivity index is 1.48. The van der Waals surface area contributed by atoms with Crippen LogP contribution in [0.2, 0.25) is 18.1 Å². The van der Waals surface area contributed by atoms with Gasteiger partial charge < -0.3 is 52.2 Å². The summed E-state index contributed by atoms with van der Waals surface area (Å²) in [5.74, 6) is 0. The molecular weight excluding hydrogens is 709 g/mol. The summed E-state index contributed by atoms with van der Waals surface area (Å²) in [4.78, 5) is 0. The van der Waals surface area contributed by atoms with Crippen LogP contribution in [-0.4, -0.2) is 109 Å². The van der Waals surface area contributed by atoms with Crippen molar-refractivity contribution in [2.45, 2.75) is 120 Å². The molecule has 0 amide bonds. The van der Waals surface area contributed by atoms with Crippen molar-refractivity contribution in [3.63, 3.8) is 0 Å². The predicted molar refractivity (Wildman–Crippen MR) is 206 cm³/mol. The Morgan fingerprint density at radius 1 is 0.574 bits per heavy atom. The van der Waals surface area contributed by atoms with E-state index < -0.39 is 69.7 Å². The molecule has 12 heteroatoms. The highest BCUT2D eigenvalue weighted by Crippen LogP contribution is 2.38. The Kier molecular flexibility index (Phi) is 15.8. The van der Waals surface area contributed by atoms with E-state index in [-0.39, 0.29) is 31.5 Å². The molecule has 0 radical (unpaired) electrons. The molecule has 0 aromatic heterocycles. The molecule has 3 aromatic rings. The molecule has 5 rings (SSSR count). The van der Waals surface area contributed by atoms with E-state index in [1.165, 1.54) is 0 Å². The number of benzene rings is 3. The first-order chi connectivity index (χ1) is 26.0. The van der Waals surface area contributed by atoms with E-state index in [2.05, 4.69) is 33.9 Å². The van der Waals surface area contributed by atoms with E-state index in [4.69, 9.17) is 47.1 Å². The van der Waals surface area contributed by atoms with Crippen LogP contribution in [0, 0.1) is 0 Å². The lowest BCUT2D eigenvalue weighted by atomic mass is 9.96. The molecule has 11 nitrogen and oxygen atoms in total. The normalized spacial score (nSPS) is 29.3. The van der Waals surface area contributed by atoms with Crippen LogP contribution in [-0.2, 0) is 66.9 Å². The Labute approximate surface area is 322 Å². The van der Waals surface area contributed by atoms with Crippen molar-refractivity contribution in [1.82, 2.24) is 0 Å². The smallest absolute Gasteiger partial charge is 0.192 e. The van der Waals surface area contributed by atoms with Crippen LogP contribution in [0.4, 0.5) is 0 Å². The number of hydrogen-bond acceptors (Lipinski definition) is 11. The van der Waals surface area contributed by atoms with Gasteiger partial charge >= 0.3 is 0 Å². The highest BCUT2D eigenvalue weighted by molar-refractivity contribution is 6.74. The van der Waals surface area contributed by atoms with E-state index in [1.54, 1.807) is 21.3 Å². The van der Waals surface area contributed by atoms with Crippen molar-refractivity contribution < 1.29 is 52.2 Å². The van der Waals surface area contributed by atoms with Gasteiger partial charge in [-0.05, 0) is 34.8 Å². The van der Waals surface area contributed by atoms with Crippen molar-refractivity contribution in [3.8, 4) is 0 Å². The summed E-state index contributed by atoms with van der Waals surface area (Å²) in [5, 5.41) is 11.5. The lowest BCUT2D eigenvalue weighted by molar-refractivity contribution is -0.369. The summed E-state index contributed by atoms with van der Waals surface area (Å²) in [6, 6.07) is 29.8. The van der Waals surface area contributed by atoms with Crippen LogP contribution in [0.25, 0.3) is 0 Å². The van der Waals surface area contributed by atoms with Crippen molar-refractivity contribution in [2.75, 3.05) is 34.5 Å². The van der Waals surface area contributed by atoms with Crippen LogP contribution in [0.5, 0.6) is 0 Å². The topological polar surface area (TPSA) is 113 Å². The first-order valence-electron chi connectivity index (χ1n) is 18.7. The van der Waals surface area contributed by atoms with Gasteiger partial charge in [-0.3, -0.25) is 0 Å². The quantitative estimate of drug-likeness (QED) is 0.148. The summed E-state index contributed by atoms with van der Waals surface area (Å²) in [6.45, 7) is 12.1. The van der Waals surface area contributed by atoms with Gasteiger partial charge in [0.05, 0.1) is 33.0 Å². The van der Waals surface area contributed by atoms with Crippen molar-refractivity contribution in [2.24, 2.45) is 0 Å². The molecule has 3 aromatic carbocycles. The number of hydrogen-bond donors (Lipinski definition) is 1. The third-order valence-corrected chi connectivity index (χ3v) is 15.2. The second kappa shape index (κ2) is 20.0. The number of aliphatic hydroxyl groups is 1. The molecule has 0 aliphatic carbocycles. The van der Waals surface area contributed by atoms with Crippen molar-refractivity contribution in [3.05, 3.63) is 108 Å². The molecule has 54 heavy (non-hydrogen) atoms. The van der Waals surface area contributed by atoms with Gasteiger partial charge in [-0.15, -0.1) is 0 Å². The molecule has 2 saturated heterocycles. The third-order valence-electron chi connectivity index (χ3n) is 10.7. The highest BCUT2D eigenvalue weighted by Gasteiger charge is 2.54. The Hall–Kier alpha value is -2.56. The van der Waals surface area contributed by atoms with Gasteiger partial charge in [0, 0.05) is 21.3 Å². The van der Waals surface area contributed by atoms with Gasteiger partial charge in [-0.1, -0.05) is 112 Å². The summed E-state index contributed by atoms with van der Waals surface area (Å²) < 4.78 is 64.2. The molecule has 10 atom stereocenters. The van der Waals surface area contributed by atoms with E-state index in [9.17, 15) is 5.11 Å². The fraction of sp³-hybridized carbons (Fsp3) is 0.571. The maximum atomic E-state index is 11.5. The molecule has 2 heterocycles. The second-order valence-corrected chi connectivity index (χ2v) is 20.2. The monoisotopic (exact) mass is 768 g/mol. The minimum Gasteiger partial charge on any atom is -0.414 e. The standard InChI is InChI=1S/C42H60O11Si/c1-42(2,3)54(7,8)50-28-32-34(43)36(44-4)38(45-5)41(51-32)53-35-33(27-47-24-29-18-12-9-13-19-29)52-40(46-6)39(49-26-31-22-16-11-17-23-31)37(35)48-25-30-20-14-10-15-21-30/h9-23,32-41,43H,24-28H2,1-8H3/t32?,33-,34-,35+,36+,37?,38?,39?,40-,41-/m0/s1. The fourth-order valence-electron chi connectivity index (χ4n) is 6.45. The molecule has 0 spiro atoms. The number of rotatable bonds is 18. The highest BCUT2D eigenvalue weighted by atomic mass is 28.4. The molecule has 298 valence electrons. The molecule has 0 saturated carbocycles. The van der Waals surface area contributed by atoms with Gasteiger partial charge in [-0.25, -0.2) is 0 Å². The van der Waals surface area contributed by atoms with E-state index in [0.717, 1.165) is 16.7 Å². The zero-order valence-electron chi connectivity index (χ0n) is 33.0. The van der Waals surface area contributed by atoms with Crippen molar-refractivity contribution >= 4 is 8.32 Å². The number of methoxy groups -OCH3 is 3. The Morgan fingerprint density at radius 2 is 1.07 bits per heavy atom. The first-order valence-corrected chi connectivity index (χ1v) is 21.7. The second-order valence-electron chi connectivity index (χ2n) is 15.4. The zero-order valence-corrected chi connectivity index (χ0v) is 34.0. The molecule has 4 unspecified atom stereocenters. The minimum absolute atomic E-state index is 0.0411. The first kappa shape index (κ1) is 42.6. The average Bonchev–Trinajstić information content (AvgIpc) is 3.17. The lowest BCUT2D eigenvalue weighted by Gasteiger charge is -2.49. The summed E-state index contributed by atoms with van der Waals surface area (Å²) >= 11 is 0. The number of ether oxygens (including phenoxy) is 9. The van der Waals surface area contributed by atoms with Crippen molar-refractivity contribution in [1.29, 1.82) is 0 Å². The van der Waals surface area contributed by atoms with E-state index >= 15 is 0 Å². The molecule has 2 fully saturated rings. The number of aliphatic hydroxyl groups excluding tert-OH is 1. The van der Waals surface area contributed by atoms with Crippen LogP contribution < -0.4 is 0 Å². The third kappa shape index (κ3) is 11.1. The Morgan fingerprint density at radius 3 is 1.57 bits per heavy atom. The Bertz CT molecular complexity index is 1490. The van der Waals surface area contributed by atoms with Gasteiger partial charge in [0.25, 0.3) is 0 Å². The predicted octanol–water partition coefficient (Wildman–Crippen LogP) is 6.27. The van der Waals surface area contributed by atoms with Gasteiger partial charge in [-0.2, -0.15) is 0 Å². The summed E-state index contributed by atoms with van der Waals surface area (Å²) in [6.07, 6.45) is -8.17. The molecular formula is C42H60O11Si. The SMILES string of the molecule is COC1[C@H](O[C@H]2C(OCc3ccccc3)C(OCc3ccccc3)[C@@H](OC)O[C@H]2COCc2ccccc2)OC(CO[Si](C)(C)C(C)(C)C)[C@H](O)[C@H]1OC. The zero-order chi connectivity index (χ0) is 38.7. The minimum atomic E-state index is -2.20. The summed E-state index contributed by atoms with van der Waals surface area (Å²) in [5.41, 5.74) is 2.98. The van der Waals surface area contributed by atoms with Crippen LogP contribution in [0.1, 0.15) is 37.5 Å². The van der Waals surface area contributed by atoms with Crippen LogP contribution >= 0.6 is 0 Å². The summed E-state index contributed by atoms with van der Waals surface area (Å²) in [7, 11) is 2.48. The van der Waals surface area contributed by atoms with Crippen LogP contribution in [0.3, 0.4) is 0 Å². The van der Waals surface area contributed by atoms with Crippen LogP contribution in [0.15, 0.2) is 91.0 Å². The maximum absolute atomic E-state index is 11.5. The van der Waals surface area contributed by atoms with E-state index in [0.29, 0.717) is 6.61 Å². The molecule has 0 bridgehead atoms. The van der Waals surface area contributed by atoms with Gasteiger partial charge in [0.15, 0.2) is 20.9 Å². The van der Waals surface area contributed by atoms with Gasteiger partial charge in [0.2, 0.25) is 0 Å². The molecule has 2 aliphatic heterocycles. The van der Waals surface area contributed by atoms with E-state index in [1.807, 2.05) is 91.0 Å². The lowest BCUT2D eigenvalue weighted by Crippen LogP contribution is -2.66. The maximum Gasteiger partial charge on any atom is 0.192 e. The molecule has 2 aliphatic rings. The van der Waals surface area contributed by atoms with Gasteiger partial charge in [0.1, 0.15) is 48.8 Å². The largest absolute Gasteiger partial charge is 0.414 e. The fourth-order valence-corrected chi connectivity index (χ4v) is 7.47. The average molecular weight is 769 g/mol.